The number of fused-ring (bicyclic) bond motifs is 1. The van der Waals surface area contributed by atoms with Crippen molar-refractivity contribution in [2.75, 3.05) is 18.6 Å². The Labute approximate surface area is 129 Å². The predicted molar refractivity (Wildman–Crippen MR) is 85.0 cm³/mol. The van der Waals surface area contributed by atoms with Crippen LogP contribution in [-0.4, -0.2) is 39.0 Å². The van der Waals surface area contributed by atoms with Crippen molar-refractivity contribution < 1.29 is 17.9 Å². The van der Waals surface area contributed by atoms with Crippen LogP contribution in [-0.2, 0) is 9.84 Å². The number of hydrogen-bond acceptors (Lipinski definition) is 4. The topological polar surface area (TPSA) is 72.5 Å². The summed E-state index contributed by atoms with van der Waals surface area (Å²) < 4.78 is 28.3. The van der Waals surface area contributed by atoms with Gasteiger partial charge in [0.05, 0.1) is 24.2 Å². The lowest BCUT2D eigenvalue weighted by atomic mass is 10.0. The highest BCUT2D eigenvalue weighted by Crippen LogP contribution is 2.26. The summed E-state index contributed by atoms with van der Waals surface area (Å²) in [4.78, 5) is 12.4. The number of amides is 1. The standard InChI is InChI=1S/C16H17NO4S/c1-21-15-9-12-5-3-2-4-11(12)8-14(15)16(18)17-13-6-7-22(19,20)10-13/h2-5,8-9,13H,6-7,10H2,1H3,(H,17,18)/t13-/m0/s1. The van der Waals surface area contributed by atoms with E-state index in [0.717, 1.165) is 10.8 Å². The molecule has 1 atom stereocenters. The van der Waals surface area contributed by atoms with Gasteiger partial charge in [-0.3, -0.25) is 4.79 Å². The normalized spacial score (nSPS) is 20.0. The van der Waals surface area contributed by atoms with Gasteiger partial charge in [-0.25, -0.2) is 8.42 Å². The molecule has 0 bridgehead atoms. The van der Waals surface area contributed by atoms with Crippen LogP contribution >= 0.6 is 0 Å². The number of carbonyl (C=O) groups excluding carboxylic acids is 1. The lowest BCUT2D eigenvalue weighted by Gasteiger charge is -2.14. The van der Waals surface area contributed by atoms with Crippen molar-refractivity contribution in [3.05, 3.63) is 42.0 Å². The van der Waals surface area contributed by atoms with Crippen LogP contribution < -0.4 is 10.1 Å². The van der Waals surface area contributed by atoms with Crippen molar-refractivity contribution >= 4 is 26.5 Å². The molecule has 0 spiro atoms. The Morgan fingerprint density at radius 2 is 1.91 bits per heavy atom. The van der Waals surface area contributed by atoms with Crippen LogP contribution in [0.25, 0.3) is 10.8 Å². The minimum Gasteiger partial charge on any atom is -0.496 e. The van der Waals surface area contributed by atoms with Crippen molar-refractivity contribution in [2.45, 2.75) is 12.5 Å². The maximum Gasteiger partial charge on any atom is 0.255 e. The van der Waals surface area contributed by atoms with Gasteiger partial charge in [0.1, 0.15) is 5.75 Å². The largest absolute Gasteiger partial charge is 0.496 e. The fraction of sp³-hybridized carbons (Fsp3) is 0.312. The lowest BCUT2D eigenvalue weighted by molar-refractivity contribution is 0.0938. The number of hydrogen-bond donors (Lipinski definition) is 1. The van der Waals surface area contributed by atoms with Gasteiger partial charge in [0, 0.05) is 6.04 Å². The molecule has 1 N–H and O–H groups in total. The van der Waals surface area contributed by atoms with Crippen LogP contribution in [0.5, 0.6) is 5.75 Å². The van der Waals surface area contributed by atoms with Crippen LogP contribution in [0.3, 0.4) is 0 Å². The Kier molecular flexibility index (Phi) is 3.78. The second-order valence-electron chi connectivity index (χ2n) is 5.47. The average Bonchev–Trinajstić information content (AvgIpc) is 2.84. The van der Waals surface area contributed by atoms with Crippen molar-refractivity contribution in [3.8, 4) is 5.75 Å². The lowest BCUT2D eigenvalue weighted by Crippen LogP contribution is -2.35. The Morgan fingerprint density at radius 3 is 2.50 bits per heavy atom. The first-order valence-corrected chi connectivity index (χ1v) is 8.89. The van der Waals surface area contributed by atoms with Gasteiger partial charge in [-0.15, -0.1) is 0 Å². The van der Waals surface area contributed by atoms with E-state index in [1.807, 2.05) is 30.3 Å². The molecule has 22 heavy (non-hydrogen) atoms. The zero-order valence-electron chi connectivity index (χ0n) is 12.2. The summed E-state index contributed by atoms with van der Waals surface area (Å²) in [5.41, 5.74) is 0.422. The first-order valence-electron chi connectivity index (χ1n) is 7.06. The number of methoxy groups -OCH3 is 1. The van der Waals surface area contributed by atoms with Gasteiger partial charge >= 0.3 is 0 Å². The first-order chi connectivity index (χ1) is 10.5. The van der Waals surface area contributed by atoms with E-state index in [0.29, 0.717) is 17.7 Å². The van der Waals surface area contributed by atoms with E-state index in [9.17, 15) is 13.2 Å². The third-order valence-electron chi connectivity index (χ3n) is 3.88. The molecule has 0 aromatic heterocycles. The maximum absolute atomic E-state index is 12.4. The Bertz CT molecular complexity index is 829. The molecule has 1 aliphatic heterocycles. The third kappa shape index (κ3) is 2.92. The van der Waals surface area contributed by atoms with Gasteiger partial charge in [0.15, 0.2) is 9.84 Å². The Balaban J connectivity index is 1.90. The highest BCUT2D eigenvalue weighted by Gasteiger charge is 2.29. The summed E-state index contributed by atoms with van der Waals surface area (Å²) in [5.74, 6) is 0.322. The maximum atomic E-state index is 12.4. The number of ether oxygens (including phenoxy) is 1. The molecular formula is C16H17NO4S. The highest BCUT2D eigenvalue weighted by atomic mass is 32.2. The smallest absolute Gasteiger partial charge is 0.255 e. The fourth-order valence-electron chi connectivity index (χ4n) is 2.74. The monoisotopic (exact) mass is 319 g/mol. The van der Waals surface area contributed by atoms with Crippen LogP contribution in [0.2, 0.25) is 0 Å². The number of nitrogens with one attached hydrogen (secondary N) is 1. The average molecular weight is 319 g/mol. The zero-order chi connectivity index (χ0) is 15.7. The van der Waals surface area contributed by atoms with E-state index < -0.39 is 9.84 Å². The second-order valence-corrected chi connectivity index (χ2v) is 7.70. The molecule has 116 valence electrons. The predicted octanol–water partition coefficient (Wildman–Crippen LogP) is 1.77. The van der Waals surface area contributed by atoms with Crippen molar-refractivity contribution in [1.82, 2.24) is 5.32 Å². The number of sulfone groups is 1. The van der Waals surface area contributed by atoms with Gasteiger partial charge in [-0.1, -0.05) is 24.3 Å². The molecule has 5 nitrogen and oxygen atoms in total. The molecule has 1 amide bonds. The van der Waals surface area contributed by atoms with Crippen LogP contribution in [0, 0.1) is 0 Å². The summed E-state index contributed by atoms with van der Waals surface area (Å²) in [6, 6.07) is 11.0. The van der Waals surface area contributed by atoms with E-state index in [1.54, 1.807) is 6.07 Å². The first kappa shape index (κ1) is 14.8. The minimum absolute atomic E-state index is 0.00857. The zero-order valence-corrected chi connectivity index (χ0v) is 13.0. The van der Waals surface area contributed by atoms with E-state index >= 15 is 0 Å². The molecule has 2 aromatic rings. The Morgan fingerprint density at radius 1 is 1.23 bits per heavy atom. The van der Waals surface area contributed by atoms with Crippen LogP contribution in [0.15, 0.2) is 36.4 Å². The molecule has 0 saturated carbocycles. The molecule has 3 rings (SSSR count). The second kappa shape index (κ2) is 5.61. The van der Waals surface area contributed by atoms with Gasteiger partial charge in [-0.2, -0.15) is 0 Å². The molecule has 0 aliphatic carbocycles. The van der Waals surface area contributed by atoms with Crippen molar-refractivity contribution in [1.29, 1.82) is 0 Å². The Hall–Kier alpha value is -2.08. The third-order valence-corrected chi connectivity index (χ3v) is 5.65. The molecule has 0 radical (unpaired) electrons. The molecule has 1 fully saturated rings. The molecule has 1 heterocycles. The summed E-state index contributed by atoms with van der Waals surface area (Å²) in [6.07, 6.45) is 0.462. The fourth-order valence-corrected chi connectivity index (χ4v) is 4.41. The van der Waals surface area contributed by atoms with E-state index in [2.05, 4.69) is 5.32 Å². The number of benzene rings is 2. The number of carbonyl (C=O) groups is 1. The summed E-state index contributed by atoms with van der Waals surface area (Å²) in [7, 11) is -1.50. The minimum atomic E-state index is -3.02. The van der Waals surface area contributed by atoms with Crippen LogP contribution in [0.4, 0.5) is 0 Å². The molecule has 1 aliphatic rings. The summed E-state index contributed by atoms with van der Waals surface area (Å²) in [5, 5.41) is 4.72. The van der Waals surface area contributed by atoms with Crippen LogP contribution in [0.1, 0.15) is 16.8 Å². The quantitative estimate of drug-likeness (QED) is 0.936. The molecule has 0 unspecified atom stereocenters. The van der Waals surface area contributed by atoms with Crippen molar-refractivity contribution in [2.24, 2.45) is 0 Å². The summed E-state index contributed by atoms with van der Waals surface area (Å²) in [6.45, 7) is 0. The van der Waals surface area contributed by atoms with Gasteiger partial charge in [-0.05, 0) is 29.3 Å². The SMILES string of the molecule is COc1cc2ccccc2cc1C(=O)N[C@H]1CCS(=O)(=O)C1. The molecule has 2 aromatic carbocycles. The van der Waals surface area contributed by atoms with Gasteiger partial charge in [0.2, 0.25) is 0 Å². The van der Waals surface area contributed by atoms with Gasteiger partial charge in [0.25, 0.3) is 5.91 Å². The molecule has 1 saturated heterocycles. The molecular weight excluding hydrogens is 302 g/mol. The van der Waals surface area contributed by atoms with E-state index in [4.69, 9.17) is 4.74 Å². The van der Waals surface area contributed by atoms with E-state index in [-0.39, 0.29) is 23.5 Å². The summed E-state index contributed by atoms with van der Waals surface area (Å²) >= 11 is 0. The van der Waals surface area contributed by atoms with Crippen molar-refractivity contribution in [3.63, 3.8) is 0 Å². The number of rotatable bonds is 3. The highest BCUT2D eigenvalue weighted by molar-refractivity contribution is 7.91. The van der Waals surface area contributed by atoms with E-state index in [1.165, 1.54) is 7.11 Å². The molecule has 6 heteroatoms. The van der Waals surface area contributed by atoms with Gasteiger partial charge < -0.3 is 10.1 Å².